The molecular weight excluding hydrogens is 594 g/mol. The van der Waals surface area contributed by atoms with Crippen molar-refractivity contribution in [1.82, 2.24) is 37.2 Å². The number of rotatable bonds is 24. The summed E-state index contributed by atoms with van der Waals surface area (Å²) in [7, 11) is 0. The van der Waals surface area contributed by atoms with E-state index in [1.54, 1.807) is 0 Å². The molecule has 8 N–H and O–H groups in total. The summed E-state index contributed by atoms with van der Waals surface area (Å²) in [6, 6.07) is 0. The van der Waals surface area contributed by atoms with Gasteiger partial charge < -0.3 is 37.0 Å². The van der Waals surface area contributed by atoms with Crippen molar-refractivity contribution in [3.8, 4) is 0 Å². The molecule has 0 aliphatic carbocycles. The molecular formula is C32H47N7O7. The Balaban J connectivity index is 5.49. The van der Waals surface area contributed by atoms with Crippen LogP contribution >= 0.6 is 0 Å². The Kier molecular flexibility index (Phi) is 20.0. The van der Waals surface area contributed by atoms with Crippen molar-refractivity contribution in [2.75, 3.05) is 45.8 Å². The van der Waals surface area contributed by atoms with E-state index in [0.29, 0.717) is 6.42 Å². The van der Waals surface area contributed by atoms with Gasteiger partial charge in [0.15, 0.2) is 0 Å². The van der Waals surface area contributed by atoms with Crippen LogP contribution in [0.5, 0.6) is 0 Å². The van der Waals surface area contributed by atoms with Gasteiger partial charge in [-0.05, 0) is 42.9 Å². The van der Waals surface area contributed by atoms with Gasteiger partial charge >= 0.3 is 0 Å². The molecule has 0 aliphatic heterocycles. The molecule has 1 unspecified atom stereocenters. The maximum absolute atomic E-state index is 12.5. The predicted octanol–water partition coefficient (Wildman–Crippen LogP) is -0.983. The first-order valence-electron chi connectivity index (χ1n) is 14.4. The van der Waals surface area contributed by atoms with Crippen molar-refractivity contribution < 1.29 is 33.9 Å². The minimum absolute atomic E-state index is 0.00992. The Morgan fingerprint density at radius 2 is 0.870 bits per heavy atom. The van der Waals surface area contributed by atoms with E-state index >= 15 is 0 Å². The normalized spacial score (nSPS) is 11.9. The molecule has 14 nitrogen and oxygen atoms in total. The van der Waals surface area contributed by atoms with E-state index in [4.69, 9.17) is 0 Å². The second-order valence-electron chi connectivity index (χ2n) is 10.3. The largest absolute Gasteiger partial charge is 0.375 e. The lowest BCUT2D eigenvalue weighted by molar-refractivity contribution is -0.119. The topological polar surface area (TPSA) is 207 Å². The van der Waals surface area contributed by atoms with E-state index in [-0.39, 0.29) is 45.8 Å². The summed E-state index contributed by atoms with van der Waals surface area (Å²) < 4.78 is 0. The van der Waals surface area contributed by atoms with Crippen molar-refractivity contribution in [3.63, 3.8) is 0 Å². The summed E-state index contributed by atoms with van der Waals surface area (Å²) in [6.45, 7) is 19.4. The van der Waals surface area contributed by atoms with Gasteiger partial charge in [-0.25, -0.2) is 0 Å². The minimum atomic E-state index is -1.22. The molecule has 0 saturated heterocycles. The molecule has 0 radical (unpaired) electrons. The van der Waals surface area contributed by atoms with Crippen molar-refractivity contribution in [2.24, 2.45) is 10.8 Å². The van der Waals surface area contributed by atoms with Gasteiger partial charge in [0.1, 0.15) is 6.23 Å². The number of amides is 6. The Bertz CT molecular complexity index is 1110. The summed E-state index contributed by atoms with van der Waals surface area (Å²) in [6.07, 6.45) is 10.2. The summed E-state index contributed by atoms with van der Waals surface area (Å²) in [5.74, 6) is -2.66. The fraction of sp³-hybridized carbons (Fsp3) is 0.375. The Morgan fingerprint density at radius 1 is 0.543 bits per heavy atom. The van der Waals surface area contributed by atoms with E-state index in [9.17, 15) is 33.9 Å². The predicted molar refractivity (Wildman–Crippen MR) is 176 cm³/mol. The van der Waals surface area contributed by atoms with Gasteiger partial charge in [0.25, 0.3) is 0 Å². The molecule has 252 valence electrons. The molecule has 1 atom stereocenters. The fourth-order valence-electron chi connectivity index (χ4n) is 3.71. The zero-order valence-corrected chi connectivity index (χ0v) is 26.4. The zero-order chi connectivity index (χ0) is 35.0. The number of allylic oxidation sites excluding steroid dienone is 2. The van der Waals surface area contributed by atoms with Crippen LogP contribution in [0.4, 0.5) is 0 Å². The third-order valence-electron chi connectivity index (χ3n) is 6.84. The van der Waals surface area contributed by atoms with E-state index in [0.717, 1.165) is 30.4 Å². The van der Waals surface area contributed by atoms with Crippen molar-refractivity contribution >= 4 is 35.4 Å². The second kappa shape index (κ2) is 22.4. The first-order chi connectivity index (χ1) is 21.8. The summed E-state index contributed by atoms with van der Waals surface area (Å²) in [5.41, 5.74) is -1.69. The molecule has 0 heterocycles. The van der Waals surface area contributed by atoms with Crippen LogP contribution in [-0.2, 0) is 28.8 Å². The Labute approximate surface area is 270 Å². The lowest BCUT2D eigenvalue weighted by Gasteiger charge is -2.35. The van der Waals surface area contributed by atoms with Gasteiger partial charge in [-0.3, -0.25) is 34.1 Å². The molecule has 0 aromatic rings. The van der Waals surface area contributed by atoms with Crippen LogP contribution in [0.15, 0.2) is 87.6 Å². The fourth-order valence-corrected chi connectivity index (χ4v) is 3.71. The molecule has 0 fully saturated rings. The summed E-state index contributed by atoms with van der Waals surface area (Å²) in [4.78, 5) is 71.6. The van der Waals surface area contributed by atoms with E-state index in [1.807, 2.05) is 6.92 Å². The molecule has 6 amide bonds. The van der Waals surface area contributed by atoms with E-state index in [2.05, 4.69) is 70.1 Å². The number of aliphatic hydroxyl groups is 1. The van der Waals surface area contributed by atoms with E-state index < -0.39 is 52.5 Å². The van der Waals surface area contributed by atoms with Gasteiger partial charge in [0.05, 0.1) is 0 Å². The van der Waals surface area contributed by atoms with Crippen LogP contribution < -0.4 is 37.2 Å². The quantitative estimate of drug-likeness (QED) is 0.0372. The van der Waals surface area contributed by atoms with Crippen LogP contribution in [0.3, 0.4) is 0 Å². The first-order valence-corrected chi connectivity index (χ1v) is 14.4. The number of carbonyl (C=O) groups is 6. The molecule has 0 aromatic carbocycles. The van der Waals surface area contributed by atoms with Crippen molar-refractivity contribution in [2.45, 2.75) is 19.6 Å². The highest BCUT2D eigenvalue weighted by Gasteiger charge is 2.32. The number of nitrogens with one attached hydrogen (secondary N) is 7. The number of aliphatic hydroxyl groups excluding tert-OH is 1. The highest BCUT2D eigenvalue weighted by atomic mass is 16.3. The average Bonchev–Trinajstić information content (AvgIpc) is 3.08. The van der Waals surface area contributed by atoms with Gasteiger partial charge in [-0.1, -0.05) is 52.0 Å². The average molecular weight is 642 g/mol. The van der Waals surface area contributed by atoms with Gasteiger partial charge in [0.2, 0.25) is 35.4 Å². The molecule has 0 aliphatic rings. The molecule has 0 saturated carbocycles. The smallest absolute Gasteiger partial charge is 0.243 e. The Hall–Kier alpha value is -5.08. The second-order valence-corrected chi connectivity index (χ2v) is 10.3. The van der Waals surface area contributed by atoms with Crippen LogP contribution in [0.2, 0.25) is 0 Å². The molecule has 46 heavy (non-hydrogen) atoms. The maximum atomic E-state index is 12.5. The summed E-state index contributed by atoms with van der Waals surface area (Å²) >= 11 is 0. The molecule has 0 spiro atoms. The van der Waals surface area contributed by atoms with Crippen molar-refractivity contribution in [3.05, 3.63) is 87.6 Å². The number of hydrogen-bond acceptors (Lipinski definition) is 8. The third-order valence-corrected chi connectivity index (χ3v) is 6.84. The first kappa shape index (κ1) is 40.9. The Morgan fingerprint density at radius 3 is 1.20 bits per heavy atom. The van der Waals surface area contributed by atoms with Crippen LogP contribution in [-0.4, -0.2) is 92.6 Å². The van der Waals surface area contributed by atoms with Crippen LogP contribution in [0, 0.1) is 10.8 Å². The highest BCUT2D eigenvalue weighted by molar-refractivity contribution is 5.89. The molecule has 14 heteroatoms. The van der Waals surface area contributed by atoms with Gasteiger partial charge in [-0.15, -0.1) is 0 Å². The van der Waals surface area contributed by atoms with Gasteiger partial charge in [0, 0.05) is 62.7 Å². The lowest BCUT2D eigenvalue weighted by Crippen LogP contribution is -2.56. The summed E-state index contributed by atoms with van der Waals surface area (Å²) in [5, 5.41) is 29.5. The van der Waals surface area contributed by atoms with E-state index in [1.165, 1.54) is 24.3 Å². The SMILES string of the molecule is C=CC(=O)NCC(CC)(CNC(=O)C=C)CNC(=O)/C=C/C=C/C(O)NCC(CNC(=O)C=C)(CNC(=O)C=C)CNC(=O)C=C. The molecule has 0 bridgehead atoms. The zero-order valence-electron chi connectivity index (χ0n) is 26.4. The highest BCUT2D eigenvalue weighted by Crippen LogP contribution is 2.19. The minimum Gasteiger partial charge on any atom is -0.375 e. The molecule has 0 rings (SSSR count). The van der Waals surface area contributed by atoms with Gasteiger partial charge in [-0.2, -0.15) is 0 Å². The van der Waals surface area contributed by atoms with Crippen molar-refractivity contribution in [1.29, 1.82) is 0 Å². The standard InChI is InChI=1S/C32H47N7O7/c1-7-24(40)33-17-31(12-6,18-34-25(41)8-2)19-38-29(45)15-13-14-16-30(46)39-23-32(20-35-26(42)9-3,21-36-27(43)10-4)22-37-28(44)11-5/h7-11,13-16,30,39,46H,1-5,12,17-23H2,6H3,(H,33,40)(H,34,41)(H,35,42)(H,36,43)(H,37,44)(H,38,45)/b15-13+,16-14+. The van der Waals surface area contributed by atoms with Crippen LogP contribution in [0.1, 0.15) is 13.3 Å². The number of hydrogen-bond donors (Lipinski definition) is 8. The monoisotopic (exact) mass is 641 g/mol. The number of carbonyl (C=O) groups excluding carboxylic acids is 6. The lowest BCUT2D eigenvalue weighted by atomic mass is 9.84. The maximum Gasteiger partial charge on any atom is 0.243 e. The molecule has 0 aromatic heterocycles. The van der Waals surface area contributed by atoms with Crippen LogP contribution in [0.25, 0.3) is 0 Å². The third kappa shape index (κ3) is 17.3.